The van der Waals surface area contributed by atoms with Crippen LogP contribution in [0.5, 0.6) is 0 Å². The van der Waals surface area contributed by atoms with Crippen molar-refractivity contribution in [3.63, 3.8) is 0 Å². The van der Waals surface area contributed by atoms with Gasteiger partial charge in [-0.3, -0.25) is 4.99 Å². The molecule has 1 heterocycles. The minimum atomic E-state index is 0.596. The molecule has 0 aromatic carbocycles. The number of hydrogen-bond acceptors (Lipinski definition) is 4. The minimum Gasteiger partial charge on any atom is -0.382 e. The van der Waals surface area contributed by atoms with Gasteiger partial charge in [-0.1, -0.05) is 0 Å². The topological polar surface area (TPSA) is 64.1 Å². The van der Waals surface area contributed by atoms with E-state index in [2.05, 4.69) is 15.6 Å². The highest BCUT2D eigenvalue weighted by Gasteiger charge is 2.15. The number of unbranched alkanes of at least 4 members (excludes halogenated alkanes) is 1. The standard InChI is InChI=1S/C16H33N3O3/c1-3-20-10-5-4-8-18-16(17-2)19-9-6-11-21-13-15-7-12-22-14-15/h15H,3-14H2,1-2H3,(H2,17,18,19). The fraction of sp³-hybridized carbons (Fsp3) is 0.938. The second-order valence-electron chi connectivity index (χ2n) is 5.49. The quantitative estimate of drug-likeness (QED) is 0.324. The molecule has 1 rings (SSSR count). The first kappa shape index (κ1) is 19.2. The van der Waals surface area contributed by atoms with Gasteiger partial charge in [0.05, 0.1) is 13.2 Å². The Hall–Kier alpha value is -0.850. The van der Waals surface area contributed by atoms with E-state index in [1.54, 1.807) is 7.05 Å². The molecule has 0 bridgehead atoms. The molecule has 6 heteroatoms. The molecule has 0 aromatic heterocycles. The van der Waals surface area contributed by atoms with Gasteiger partial charge in [0.25, 0.3) is 0 Å². The molecule has 0 amide bonds. The van der Waals surface area contributed by atoms with Crippen LogP contribution >= 0.6 is 0 Å². The highest BCUT2D eigenvalue weighted by atomic mass is 16.5. The van der Waals surface area contributed by atoms with E-state index in [4.69, 9.17) is 14.2 Å². The summed E-state index contributed by atoms with van der Waals surface area (Å²) in [4.78, 5) is 4.21. The van der Waals surface area contributed by atoms with E-state index in [9.17, 15) is 0 Å². The number of nitrogens with one attached hydrogen (secondary N) is 2. The summed E-state index contributed by atoms with van der Waals surface area (Å²) in [7, 11) is 1.80. The lowest BCUT2D eigenvalue weighted by molar-refractivity contribution is 0.0888. The van der Waals surface area contributed by atoms with Gasteiger partial charge in [0.1, 0.15) is 0 Å². The van der Waals surface area contributed by atoms with Gasteiger partial charge in [-0.05, 0) is 32.6 Å². The fourth-order valence-corrected chi connectivity index (χ4v) is 2.25. The Balaban J connectivity index is 1.88. The van der Waals surface area contributed by atoms with Crippen LogP contribution in [0.2, 0.25) is 0 Å². The summed E-state index contributed by atoms with van der Waals surface area (Å²) in [5, 5.41) is 6.61. The molecule has 1 aliphatic rings. The van der Waals surface area contributed by atoms with Crippen LogP contribution in [-0.4, -0.2) is 65.7 Å². The first-order valence-corrected chi connectivity index (χ1v) is 8.54. The Bertz CT molecular complexity index is 282. The number of aliphatic imine (C=N–C) groups is 1. The average molecular weight is 315 g/mol. The molecule has 1 saturated heterocycles. The summed E-state index contributed by atoms with van der Waals surface area (Å²) < 4.78 is 16.3. The second kappa shape index (κ2) is 13.8. The van der Waals surface area contributed by atoms with Gasteiger partial charge in [0, 0.05) is 52.5 Å². The summed E-state index contributed by atoms with van der Waals surface area (Å²) in [6.07, 6.45) is 4.29. The normalized spacial score (nSPS) is 18.6. The van der Waals surface area contributed by atoms with Crippen LogP contribution in [0.4, 0.5) is 0 Å². The molecule has 0 radical (unpaired) electrons. The van der Waals surface area contributed by atoms with E-state index in [0.717, 1.165) is 84.4 Å². The van der Waals surface area contributed by atoms with Gasteiger partial charge in [0.2, 0.25) is 0 Å². The Morgan fingerprint density at radius 2 is 1.91 bits per heavy atom. The molecular weight excluding hydrogens is 282 g/mol. The molecule has 1 atom stereocenters. The number of rotatable bonds is 12. The van der Waals surface area contributed by atoms with Crippen molar-refractivity contribution < 1.29 is 14.2 Å². The van der Waals surface area contributed by atoms with Gasteiger partial charge >= 0.3 is 0 Å². The van der Waals surface area contributed by atoms with Crippen LogP contribution in [0.25, 0.3) is 0 Å². The van der Waals surface area contributed by atoms with E-state index < -0.39 is 0 Å². The summed E-state index contributed by atoms with van der Waals surface area (Å²) in [5.74, 6) is 1.46. The maximum Gasteiger partial charge on any atom is 0.190 e. The van der Waals surface area contributed by atoms with Crippen molar-refractivity contribution in [2.24, 2.45) is 10.9 Å². The van der Waals surface area contributed by atoms with Gasteiger partial charge < -0.3 is 24.8 Å². The maximum atomic E-state index is 5.67. The van der Waals surface area contributed by atoms with E-state index >= 15 is 0 Å². The van der Waals surface area contributed by atoms with Crippen molar-refractivity contribution in [1.82, 2.24) is 10.6 Å². The number of guanidine groups is 1. The molecule has 6 nitrogen and oxygen atoms in total. The first-order valence-electron chi connectivity index (χ1n) is 8.54. The van der Waals surface area contributed by atoms with Crippen molar-refractivity contribution in [1.29, 1.82) is 0 Å². The van der Waals surface area contributed by atoms with Crippen molar-refractivity contribution in [3.8, 4) is 0 Å². The van der Waals surface area contributed by atoms with Crippen molar-refractivity contribution in [2.75, 3.05) is 59.8 Å². The number of ether oxygens (including phenoxy) is 3. The molecule has 0 saturated carbocycles. The molecule has 22 heavy (non-hydrogen) atoms. The van der Waals surface area contributed by atoms with Crippen molar-refractivity contribution in [2.45, 2.75) is 32.6 Å². The predicted octanol–water partition coefficient (Wildman–Crippen LogP) is 1.41. The largest absolute Gasteiger partial charge is 0.382 e. The molecule has 0 spiro atoms. The minimum absolute atomic E-state index is 0.596. The maximum absolute atomic E-state index is 5.67. The van der Waals surface area contributed by atoms with Gasteiger partial charge in [0.15, 0.2) is 5.96 Å². The molecular formula is C16H33N3O3. The Labute approximate surface area is 135 Å². The van der Waals surface area contributed by atoms with Crippen molar-refractivity contribution in [3.05, 3.63) is 0 Å². The van der Waals surface area contributed by atoms with Crippen LogP contribution in [0.1, 0.15) is 32.6 Å². The lowest BCUT2D eigenvalue weighted by Gasteiger charge is -2.12. The van der Waals surface area contributed by atoms with Gasteiger partial charge in [-0.25, -0.2) is 0 Å². The first-order chi connectivity index (χ1) is 10.9. The zero-order chi connectivity index (χ0) is 15.9. The van der Waals surface area contributed by atoms with E-state index in [-0.39, 0.29) is 0 Å². The summed E-state index contributed by atoms with van der Waals surface area (Å²) in [6.45, 7) is 8.82. The smallest absolute Gasteiger partial charge is 0.190 e. The highest BCUT2D eigenvalue weighted by molar-refractivity contribution is 5.79. The van der Waals surface area contributed by atoms with Crippen LogP contribution in [-0.2, 0) is 14.2 Å². The predicted molar refractivity (Wildman–Crippen MR) is 89.5 cm³/mol. The molecule has 130 valence electrons. The third-order valence-electron chi connectivity index (χ3n) is 3.57. The summed E-state index contributed by atoms with van der Waals surface area (Å²) in [5.41, 5.74) is 0. The van der Waals surface area contributed by atoms with Crippen molar-refractivity contribution >= 4 is 5.96 Å². The number of hydrogen-bond donors (Lipinski definition) is 2. The highest BCUT2D eigenvalue weighted by Crippen LogP contribution is 2.12. The van der Waals surface area contributed by atoms with E-state index in [1.807, 2.05) is 6.92 Å². The average Bonchev–Trinajstić information content (AvgIpc) is 3.05. The lowest BCUT2D eigenvalue weighted by atomic mass is 10.1. The SMILES string of the molecule is CCOCCCCNC(=NC)NCCCOCC1CCOC1. The fourth-order valence-electron chi connectivity index (χ4n) is 2.25. The van der Waals surface area contributed by atoms with Crippen LogP contribution in [0, 0.1) is 5.92 Å². The van der Waals surface area contributed by atoms with Crippen LogP contribution in [0.3, 0.4) is 0 Å². The molecule has 0 aliphatic carbocycles. The molecule has 2 N–H and O–H groups in total. The van der Waals surface area contributed by atoms with E-state index in [1.165, 1.54) is 0 Å². The van der Waals surface area contributed by atoms with Crippen LogP contribution in [0.15, 0.2) is 4.99 Å². The Morgan fingerprint density at radius 3 is 2.59 bits per heavy atom. The van der Waals surface area contributed by atoms with Gasteiger partial charge in [-0.2, -0.15) is 0 Å². The summed E-state index contributed by atoms with van der Waals surface area (Å²) in [6, 6.07) is 0. The molecule has 1 fully saturated rings. The monoisotopic (exact) mass is 315 g/mol. The zero-order valence-corrected chi connectivity index (χ0v) is 14.2. The molecule has 1 aliphatic heterocycles. The Kier molecular flexibility index (Phi) is 12.0. The van der Waals surface area contributed by atoms with Gasteiger partial charge in [-0.15, -0.1) is 0 Å². The lowest BCUT2D eigenvalue weighted by Crippen LogP contribution is -2.38. The zero-order valence-electron chi connectivity index (χ0n) is 14.2. The summed E-state index contributed by atoms with van der Waals surface area (Å²) >= 11 is 0. The molecule has 1 unspecified atom stereocenters. The second-order valence-corrected chi connectivity index (χ2v) is 5.49. The third kappa shape index (κ3) is 9.97. The third-order valence-corrected chi connectivity index (χ3v) is 3.57. The Morgan fingerprint density at radius 1 is 1.14 bits per heavy atom. The molecule has 0 aromatic rings. The van der Waals surface area contributed by atoms with E-state index in [0.29, 0.717) is 5.92 Å². The number of nitrogens with zero attached hydrogens (tertiary/aromatic N) is 1. The van der Waals surface area contributed by atoms with Crippen LogP contribution < -0.4 is 10.6 Å².